The highest BCUT2D eigenvalue weighted by atomic mass is 16.5. The summed E-state index contributed by atoms with van der Waals surface area (Å²) in [5.41, 5.74) is 2.75. The maximum absolute atomic E-state index is 6.53. The monoisotopic (exact) mass is 287 g/mol. The average molecular weight is 287 g/mol. The van der Waals surface area contributed by atoms with Crippen molar-refractivity contribution in [2.45, 2.75) is 70.4 Å². The number of aryl methyl sites for hydroxylation is 1. The highest BCUT2D eigenvalue weighted by Gasteiger charge is 2.42. The second kappa shape index (κ2) is 6.00. The Morgan fingerprint density at radius 2 is 2.05 bits per heavy atom. The van der Waals surface area contributed by atoms with Gasteiger partial charge in [-0.2, -0.15) is 0 Å². The van der Waals surface area contributed by atoms with Gasteiger partial charge in [0.2, 0.25) is 0 Å². The van der Waals surface area contributed by atoms with Crippen LogP contribution in [0.25, 0.3) is 0 Å². The van der Waals surface area contributed by atoms with E-state index in [1.54, 1.807) is 0 Å². The van der Waals surface area contributed by atoms with Crippen molar-refractivity contribution in [3.63, 3.8) is 0 Å². The van der Waals surface area contributed by atoms with E-state index < -0.39 is 0 Å². The highest BCUT2D eigenvalue weighted by Crippen LogP contribution is 2.47. The summed E-state index contributed by atoms with van der Waals surface area (Å²) in [5, 5.41) is 3.52. The molecule has 1 unspecified atom stereocenters. The SMILES string of the molecule is CCCC1CCC2(CC1)CC(NC)c1cc(C)ccc1O2. The van der Waals surface area contributed by atoms with Crippen molar-refractivity contribution in [1.29, 1.82) is 0 Å². The zero-order valence-corrected chi connectivity index (χ0v) is 13.7. The van der Waals surface area contributed by atoms with Gasteiger partial charge in [0.05, 0.1) is 0 Å². The topological polar surface area (TPSA) is 21.3 Å². The standard InChI is InChI=1S/C19H29NO/c1-4-5-15-8-10-19(11-9-15)13-17(20-3)16-12-14(2)6-7-18(16)21-19/h6-7,12,15,17,20H,4-5,8-11,13H2,1-3H3. The summed E-state index contributed by atoms with van der Waals surface area (Å²) in [6.45, 7) is 4.46. The van der Waals surface area contributed by atoms with Crippen LogP contribution in [0, 0.1) is 12.8 Å². The van der Waals surface area contributed by atoms with Crippen molar-refractivity contribution in [2.24, 2.45) is 5.92 Å². The zero-order chi connectivity index (χ0) is 14.9. The zero-order valence-electron chi connectivity index (χ0n) is 13.7. The molecule has 1 spiro atoms. The van der Waals surface area contributed by atoms with E-state index in [-0.39, 0.29) is 5.60 Å². The summed E-state index contributed by atoms with van der Waals surface area (Å²) in [6.07, 6.45) is 8.96. The molecule has 2 heteroatoms. The Labute approximate surface area is 129 Å². The lowest BCUT2D eigenvalue weighted by Gasteiger charge is -2.46. The first-order valence-electron chi connectivity index (χ1n) is 8.62. The van der Waals surface area contributed by atoms with Crippen LogP contribution in [0.1, 0.15) is 69.0 Å². The smallest absolute Gasteiger partial charge is 0.124 e. The summed E-state index contributed by atoms with van der Waals surface area (Å²) < 4.78 is 6.53. The van der Waals surface area contributed by atoms with Gasteiger partial charge >= 0.3 is 0 Å². The van der Waals surface area contributed by atoms with E-state index in [2.05, 4.69) is 44.4 Å². The number of hydrogen-bond acceptors (Lipinski definition) is 2. The summed E-state index contributed by atoms with van der Waals surface area (Å²) in [7, 11) is 2.08. The second-order valence-electron chi connectivity index (χ2n) is 7.10. The number of fused-ring (bicyclic) bond motifs is 1. The van der Waals surface area contributed by atoms with Crippen LogP contribution < -0.4 is 10.1 Å². The van der Waals surface area contributed by atoms with Crippen LogP contribution in [0.15, 0.2) is 18.2 Å². The van der Waals surface area contributed by atoms with E-state index in [1.165, 1.54) is 49.7 Å². The first kappa shape index (κ1) is 14.9. The van der Waals surface area contributed by atoms with Crippen LogP contribution in [0.2, 0.25) is 0 Å². The number of nitrogens with one attached hydrogen (secondary N) is 1. The Morgan fingerprint density at radius 3 is 2.71 bits per heavy atom. The second-order valence-corrected chi connectivity index (χ2v) is 7.10. The molecule has 1 aliphatic heterocycles. The van der Waals surface area contributed by atoms with E-state index in [9.17, 15) is 0 Å². The molecular weight excluding hydrogens is 258 g/mol. The van der Waals surface area contributed by atoms with Crippen molar-refractivity contribution < 1.29 is 4.74 Å². The van der Waals surface area contributed by atoms with Crippen LogP contribution >= 0.6 is 0 Å². The van der Waals surface area contributed by atoms with Gasteiger partial charge in [-0.25, -0.2) is 0 Å². The van der Waals surface area contributed by atoms with E-state index in [4.69, 9.17) is 4.74 Å². The van der Waals surface area contributed by atoms with Gasteiger partial charge in [-0.1, -0.05) is 37.5 Å². The van der Waals surface area contributed by atoms with Crippen LogP contribution in [0.4, 0.5) is 0 Å². The molecule has 0 aromatic heterocycles. The summed E-state index contributed by atoms with van der Waals surface area (Å²) in [4.78, 5) is 0. The van der Waals surface area contributed by atoms with Gasteiger partial charge in [0, 0.05) is 18.0 Å². The molecule has 2 aliphatic rings. The molecule has 3 rings (SSSR count). The van der Waals surface area contributed by atoms with Crippen LogP contribution in [-0.2, 0) is 0 Å². The third-order valence-electron chi connectivity index (χ3n) is 5.51. The maximum atomic E-state index is 6.53. The minimum absolute atomic E-state index is 0.0835. The minimum Gasteiger partial charge on any atom is -0.487 e. The average Bonchev–Trinajstić information content (AvgIpc) is 2.50. The van der Waals surface area contributed by atoms with Gasteiger partial charge in [0.15, 0.2) is 0 Å². The van der Waals surface area contributed by atoms with Crippen molar-refractivity contribution in [1.82, 2.24) is 5.32 Å². The molecule has 1 fully saturated rings. The molecule has 0 bridgehead atoms. The van der Waals surface area contributed by atoms with Crippen LogP contribution in [-0.4, -0.2) is 12.6 Å². The van der Waals surface area contributed by atoms with E-state index in [1.807, 2.05) is 0 Å². The van der Waals surface area contributed by atoms with Crippen LogP contribution in [0.3, 0.4) is 0 Å². The molecule has 0 radical (unpaired) electrons. The molecule has 1 aromatic rings. The number of benzene rings is 1. The molecule has 2 nitrogen and oxygen atoms in total. The Kier molecular flexibility index (Phi) is 4.26. The summed E-state index contributed by atoms with van der Waals surface area (Å²) in [6, 6.07) is 7.07. The minimum atomic E-state index is 0.0835. The van der Waals surface area contributed by atoms with Gasteiger partial charge in [-0.05, 0) is 51.6 Å². The lowest BCUT2D eigenvalue weighted by molar-refractivity contribution is -0.0149. The fraction of sp³-hybridized carbons (Fsp3) is 0.684. The lowest BCUT2D eigenvalue weighted by Crippen LogP contribution is -2.46. The Bertz CT molecular complexity index is 488. The number of ether oxygens (including phenoxy) is 1. The summed E-state index contributed by atoms with van der Waals surface area (Å²) in [5.74, 6) is 2.04. The third-order valence-corrected chi connectivity index (χ3v) is 5.51. The number of rotatable bonds is 3. The molecule has 116 valence electrons. The molecule has 0 saturated heterocycles. The van der Waals surface area contributed by atoms with Crippen molar-refractivity contribution in [3.8, 4) is 5.75 Å². The fourth-order valence-electron chi connectivity index (χ4n) is 4.25. The Morgan fingerprint density at radius 1 is 1.29 bits per heavy atom. The van der Waals surface area contributed by atoms with E-state index in [0.29, 0.717) is 6.04 Å². The normalized spacial score (nSPS) is 31.8. The molecule has 0 amide bonds. The first-order chi connectivity index (χ1) is 10.2. The molecule has 1 atom stereocenters. The fourth-order valence-corrected chi connectivity index (χ4v) is 4.25. The van der Waals surface area contributed by atoms with Gasteiger partial charge in [-0.15, -0.1) is 0 Å². The molecule has 1 aliphatic carbocycles. The Balaban J connectivity index is 1.79. The molecule has 21 heavy (non-hydrogen) atoms. The van der Waals surface area contributed by atoms with Gasteiger partial charge in [0.25, 0.3) is 0 Å². The highest BCUT2D eigenvalue weighted by molar-refractivity contribution is 5.41. The maximum Gasteiger partial charge on any atom is 0.124 e. The molecule has 1 N–H and O–H groups in total. The number of hydrogen-bond donors (Lipinski definition) is 1. The van der Waals surface area contributed by atoms with Crippen molar-refractivity contribution >= 4 is 0 Å². The van der Waals surface area contributed by atoms with E-state index >= 15 is 0 Å². The van der Waals surface area contributed by atoms with E-state index in [0.717, 1.165) is 18.1 Å². The van der Waals surface area contributed by atoms with Gasteiger partial charge in [-0.3, -0.25) is 0 Å². The molecular formula is C19H29NO. The lowest BCUT2D eigenvalue weighted by atomic mass is 9.72. The van der Waals surface area contributed by atoms with Crippen molar-refractivity contribution in [2.75, 3.05) is 7.05 Å². The summed E-state index contributed by atoms with van der Waals surface area (Å²) >= 11 is 0. The molecule has 1 saturated carbocycles. The van der Waals surface area contributed by atoms with Gasteiger partial charge in [0.1, 0.15) is 11.4 Å². The largest absolute Gasteiger partial charge is 0.487 e. The van der Waals surface area contributed by atoms with Crippen molar-refractivity contribution in [3.05, 3.63) is 29.3 Å². The predicted molar refractivity (Wildman–Crippen MR) is 87.8 cm³/mol. The molecule has 1 heterocycles. The van der Waals surface area contributed by atoms with Crippen LogP contribution in [0.5, 0.6) is 5.75 Å². The first-order valence-corrected chi connectivity index (χ1v) is 8.62. The quantitative estimate of drug-likeness (QED) is 0.865. The third kappa shape index (κ3) is 2.96. The predicted octanol–water partition coefficient (Wildman–Crippen LogP) is 4.77. The molecule has 1 aromatic carbocycles. The van der Waals surface area contributed by atoms with Gasteiger partial charge < -0.3 is 10.1 Å². The Hall–Kier alpha value is -1.02.